The van der Waals surface area contributed by atoms with Gasteiger partial charge in [-0.3, -0.25) is 4.79 Å². The lowest BCUT2D eigenvalue weighted by atomic mass is 10.1. The van der Waals surface area contributed by atoms with Crippen molar-refractivity contribution in [1.29, 1.82) is 0 Å². The zero-order valence-electron chi connectivity index (χ0n) is 12.1. The summed E-state index contributed by atoms with van der Waals surface area (Å²) in [6.45, 7) is 3.88. The van der Waals surface area contributed by atoms with E-state index in [1.54, 1.807) is 23.2 Å². The van der Waals surface area contributed by atoms with Crippen molar-refractivity contribution in [2.45, 2.75) is 29.8 Å². The fraction of sp³-hybridized carbons (Fsp3) is 0.188. The second kappa shape index (κ2) is 5.46. The molecule has 1 aromatic carbocycles. The van der Waals surface area contributed by atoms with E-state index in [1.165, 1.54) is 23.9 Å². The molecule has 112 valence electrons. The summed E-state index contributed by atoms with van der Waals surface area (Å²) >= 11 is 1.32. The van der Waals surface area contributed by atoms with Crippen molar-refractivity contribution in [3.63, 3.8) is 0 Å². The summed E-state index contributed by atoms with van der Waals surface area (Å²) in [7, 11) is 0. The van der Waals surface area contributed by atoms with E-state index in [0.29, 0.717) is 15.5 Å². The lowest BCUT2D eigenvalue weighted by Crippen LogP contribution is -2.37. The normalized spacial score (nSPS) is 13.6. The van der Waals surface area contributed by atoms with Crippen LogP contribution in [-0.2, 0) is 0 Å². The van der Waals surface area contributed by atoms with Gasteiger partial charge in [-0.05, 0) is 44.2 Å². The van der Waals surface area contributed by atoms with E-state index >= 15 is 0 Å². The van der Waals surface area contributed by atoms with E-state index in [2.05, 4.69) is 4.98 Å². The highest BCUT2D eigenvalue weighted by Crippen LogP contribution is 2.40. The molecule has 1 aliphatic rings. The number of rotatable bonds is 2. The number of fused-ring (bicyclic) bond motifs is 2. The average Bonchev–Trinajstić information content (AvgIpc) is 2.60. The highest BCUT2D eigenvalue weighted by molar-refractivity contribution is 7.99. The molecule has 0 saturated carbocycles. The Hall–Kier alpha value is -2.34. The number of hydrogen-bond acceptors (Lipinski definition) is 4. The van der Waals surface area contributed by atoms with Crippen LogP contribution in [0.5, 0.6) is 0 Å². The highest BCUT2D eigenvalue weighted by atomic mass is 32.2. The fourth-order valence-corrected chi connectivity index (χ4v) is 3.46. The van der Waals surface area contributed by atoms with Crippen LogP contribution in [0.15, 0.2) is 46.5 Å². The molecule has 0 spiro atoms. The summed E-state index contributed by atoms with van der Waals surface area (Å²) in [5, 5.41) is 9.84. The third-order valence-corrected chi connectivity index (χ3v) is 4.48. The minimum atomic E-state index is -1.01. The van der Waals surface area contributed by atoms with Gasteiger partial charge in [0, 0.05) is 17.1 Å². The number of aromatic nitrogens is 1. The molecule has 6 heteroatoms. The molecule has 0 fully saturated rings. The first-order valence-electron chi connectivity index (χ1n) is 6.83. The third-order valence-electron chi connectivity index (χ3n) is 3.41. The van der Waals surface area contributed by atoms with Crippen LogP contribution in [-0.4, -0.2) is 28.0 Å². The molecule has 0 radical (unpaired) electrons. The van der Waals surface area contributed by atoms with Crippen LogP contribution < -0.4 is 4.90 Å². The van der Waals surface area contributed by atoms with Gasteiger partial charge in [-0.15, -0.1) is 0 Å². The van der Waals surface area contributed by atoms with Crippen molar-refractivity contribution in [2.75, 3.05) is 4.90 Å². The molecule has 1 amide bonds. The molecule has 0 bridgehead atoms. The number of carbonyl (C=O) groups excluding carboxylic acids is 1. The van der Waals surface area contributed by atoms with Crippen LogP contribution in [0.1, 0.15) is 34.6 Å². The molecule has 2 heterocycles. The largest absolute Gasteiger partial charge is 0.478 e. The lowest BCUT2D eigenvalue weighted by molar-refractivity contribution is 0.0696. The summed E-state index contributed by atoms with van der Waals surface area (Å²) in [5.74, 6) is -1.15. The van der Waals surface area contributed by atoms with E-state index in [0.717, 1.165) is 5.69 Å². The quantitative estimate of drug-likeness (QED) is 0.921. The van der Waals surface area contributed by atoms with Gasteiger partial charge >= 0.3 is 5.97 Å². The zero-order chi connectivity index (χ0) is 15.9. The summed E-state index contributed by atoms with van der Waals surface area (Å²) in [4.78, 5) is 30.7. The molecule has 0 saturated heterocycles. The molecule has 1 N–H and O–H groups in total. The minimum Gasteiger partial charge on any atom is -0.478 e. The summed E-state index contributed by atoms with van der Waals surface area (Å²) < 4.78 is 0. The summed E-state index contributed by atoms with van der Waals surface area (Å²) in [5.41, 5.74) is 1.41. The van der Waals surface area contributed by atoms with E-state index in [1.807, 2.05) is 19.9 Å². The molecule has 5 nitrogen and oxygen atoms in total. The van der Waals surface area contributed by atoms with Gasteiger partial charge in [0.1, 0.15) is 5.03 Å². The summed E-state index contributed by atoms with van der Waals surface area (Å²) in [6.07, 6.45) is 1.67. The number of hydrogen-bond donors (Lipinski definition) is 1. The van der Waals surface area contributed by atoms with Crippen molar-refractivity contribution in [3.05, 3.63) is 47.7 Å². The number of anilines is 1. The van der Waals surface area contributed by atoms with Crippen LogP contribution in [0.4, 0.5) is 5.69 Å². The Kier molecular flexibility index (Phi) is 3.62. The van der Waals surface area contributed by atoms with Gasteiger partial charge in [-0.1, -0.05) is 11.8 Å². The monoisotopic (exact) mass is 314 g/mol. The predicted molar refractivity (Wildman–Crippen MR) is 83.7 cm³/mol. The van der Waals surface area contributed by atoms with Gasteiger partial charge in [0.25, 0.3) is 5.91 Å². The van der Waals surface area contributed by atoms with Crippen molar-refractivity contribution in [2.24, 2.45) is 0 Å². The maximum absolute atomic E-state index is 12.9. The van der Waals surface area contributed by atoms with Crippen LogP contribution in [0, 0.1) is 0 Å². The Morgan fingerprint density at radius 1 is 1.32 bits per heavy atom. The zero-order valence-corrected chi connectivity index (χ0v) is 12.9. The van der Waals surface area contributed by atoms with Gasteiger partial charge < -0.3 is 10.0 Å². The number of carboxylic acid groups (broad SMARTS) is 1. The SMILES string of the molecule is CC(C)N1C(=O)c2ccc(C(=O)O)cc2Sc2ncccc21. The van der Waals surface area contributed by atoms with Gasteiger partial charge in [0.2, 0.25) is 0 Å². The van der Waals surface area contributed by atoms with Crippen LogP contribution in [0.2, 0.25) is 0 Å². The van der Waals surface area contributed by atoms with E-state index in [9.17, 15) is 9.59 Å². The molecule has 22 heavy (non-hydrogen) atoms. The van der Waals surface area contributed by atoms with Crippen LogP contribution in [0.3, 0.4) is 0 Å². The molecular formula is C16H14N2O3S. The van der Waals surface area contributed by atoms with Crippen molar-refractivity contribution >= 4 is 29.3 Å². The molecule has 1 aromatic heterocycles. The van der Waals surface area contributed by atoms with Crippen molar-refractivity contribution < 1.29 is 14.7 Å². The second-order valence-corrected chi connectivity index (χ2v) is 6.25. The number of pyridine rings is 1. The molecule has 0 aliphatic carbocycles. The highest BCUT2D eigenvalue weighted by Gasteiger charge is 2.30. The van der Waals surface area contributed by atoms with Crippen LogP contribution >= 0.6 is 11.8 Å². The van der Waals surface area contributed by atoms with Gasteiger partial charge in [-0.2, -0.15) is 0 Å². The molecule has 0 atom stereocenters. The van der Waals surface area contributed by atoms with Crippen LogP contribution in [0.25, 0.3) is 0 Å². The van der Waals surface area contributed by atoms with Gasteiger partial charge in [0.15, 0.2) is 0 Å². The number of benzene rings is 1. The predicted octanol–water partition coefficient (Wildman–Crippen LogP) is 3.30. The topological polar surface area (TPSA) is 70.5 Å². The Labute approximate surface area is 132 Å². The Morgan fingerprint density at radius 2 is 2.09 bits per heavy atom. The van der Waals surface area contributed by atoms with E-state index in [4.69, 9.17) is 5.11 Å². The third kappa shape index (κ3) is 2.35. The van der Waals surface area contributed by atoms with Gasteiger partial charge in [0.05, 0.1) is 16.8 Å². The number of carboxylic acids is 1. The second-order valence-electron chi connectivity index (χ2n) is 5.21. The van der Waals surface area contributed by atoms with Crippen molar-refractivity contribution in [1.82, 2.24) is 4.98 Å². The molecule has 1 aliphatic heterocycles. The molecule has 3 rings (SSSR count). The Bertz CT molecular complexity index is 774. The average molecular weight is 314 g/mol. The van der Waals surface area contributed by atoms with Gasteiger partial charge in [-0.25, -0.2) is 9.78 Å². The lowest BCUT2D eigenvalue weighted by Gasteiger charge is -2.26. The summed E-state index contributed by atoms with van der Waals surface area (Å²) in [6, 6.07) is 8.19. The smallest absolute Gasteiger partial charge is 0.335 e. The van der Waals surface area contributed by atoms with E-state index in [-0.39, 0.29) is 17.5 Å². The number of aromatic carboxylic acids is 1. The molecule has 0 unspecified atom stereocenters. The first-order chi connectivity index (χ1) is 10.5. The Balaban J connectivity index is 2.22. The minimum absolute atomic E-state index is 0.0267. The van der Waals surface area contributed by atoms with Crippen molar-refractivity contribution in [3.8, 4) is 0 Å². The first-order valence-corrected chi connectivity index (χ1v) is 7.64. The maximum atomic E-state index is 12.9. The molecular weight excluding hydrogens is 300 g/mol. The Morgan fingerprint density at radius 3 is 2.77 bits per heavy atom. The molecule has 2 aromatic rings. The standard InChI is InChI=1S/C16H14N2O3S/c1-9(2)18-12-4-3-7-17-14(12)22-13-8-10(16(20)21)5-6-11(13)15(18)19/h3-9H,1-2H3,(H,20,21). The number of nitrogens with zero attached hydrogens (tertiary/aromatic N) is 2. The number of amides is 1. The first kappa shape index (κ1) is 14.6. The number of carbonyl (C=O) groups is 2. The maximum Gasteiger partial charge on any atom is 0.335 e. The van der Waals surface area contributed by atoms with E-state index < -0.39 is 5.97 Å². The fourth-order valence-electron chi connectivity index (χ4n) is 2.42.